The third kappa shape index (κ3) is 7.19. The topological polar surface area (TPSA) is 105 Å². The molecule has 0 bridgehead atoms. The lowest BCUT2D eigenvalue weighted by atomic mass is 10.1. The average molecular weight is 370 g/mol. The highest BCUT2D eigenvalue weighted by atomic mass is 16.5. The van der Waals surface area contributed by atoms with E-state index < -0.39 is 12.5 Å². The highest BCUT2D eigenvalue weighted by Crippen LogP contribution is 2.14. The number of carbonyl (C=O) groups excluding carboxylic acids is 2. The molecule has 2 aromatic rings. The molecule has 27 heavy (non-hydrogen) atoms. The Morgan fingerprint density at radius 3 is 2.00 bits per heavy atom. The molecule has 0 spiro atoms. The predicted octanol–water partition coefficient (Wildman–Crippen LogP) is 2.01. The van der Waals surface area contributed by atoms with Gasteiger partial charge >= 0.3 is 5.97 Å². The Labute approximate surface area is 157 Å². The van der Waals surface area contributed by atoms with E-state index in [-0.39, 0.29) is 24.7 Å². The van der Waals surface area contributed by atoms with Crippen molar-refractivity contribution < 1.29 is 24.2 Å². The number of carbonyl (C=O) groups is 3. The van der Waals surface area contributed by atoms with Crippen LogP contribution in [-0.2, 0) is 27.2 Å². The summed E-state index contributed by atoms with van der Waals surface area (Å²) in [7, 11) is 0. The van der Waals surface area contributed by atoms with E-state index in [0.29, 0.717) is 12.3 Å². The van der Waals surface area contributed by atoms with Crippen LogP contribution in [0, 0.1) is 0 Å². The number of amides is 2. The van der Waals surface area contributed by atoms with E-state index in [4.69, 9.17) is 9.84 Å². The van der Waals surface area contributed by atoms with Crippen molar-refractivity contribution >= 4 is 23.5 Å². The number of aliphatic carboxylic acids is 1. The number of hydrogen-bond donors (Lipinski definition) is 3. The summed E-state index contributed by atoms with van der Waals surface area (Å²) in [6.45, 7) is 2.10. The van der Waals surface area contributed by atoms with Crippen molar-refractivity contribution in [1.29, 1.82) is 0 Å². The molecule has 0 atom stereocenters. The molecule has 0 aromatic heterocycles. The molecule has 0 fully saturated rings. The molecule has 0 aliphatic heterocycles. The van der Waals surface area contributed by atoms with E-state index in [1.807, 2.05) is 31.2 Å². The third-order valence-corrected chi connectivity index (χ3v) is 3.64. The Morgan fingerprint density at radius 2 is 1.44 bits per heavy atom. The number of nitrogens with one attached hydrogen (secondary N) is 2. The van der Waals surface area contributed by atoms with E-state index >= 15 is 0 Å². The second-order valence-electron chi connectivity index (χ2n) is 5.85. The second-order valence-corrected chi connectivity index (χ2v) is 5.85. The molecular formula is C20H22N2O5. The minimum absolute atomic E-state index is 0.0771. The lowest BCUT2D eigenvalue weighted by Crippen LogP contribution is -2.30. The molecule has 0 radical (unpaired) electrons. The molecule has 0 aliphatic carbocycles. The van der Waals surface area contributed by atoms with Crippen LogP contribution in [0.4, 0.5) is 5.69 Å². The first-order valence-electron chi connectivity index (χ1n) is 8.55. The summed E-state index contributed by atoms with van der Waals surface area (Å²) in [6, 6.07) is 14.2. The number of anilines is 1. The molecule has 3 N–H and O–H groups in total. The number of ether oxygens (including phenoxy) is 1. The Hall–Kier alpha value is -3.35. The Kier molecular flexibility index (Phi) is 7.37. The van der Waals surface area contributed by atoms with Crippen LogP contribution < -0.4 is 15.4 Å². The van der Waals surface area contributed by atoms with Crippen LogP contribution in [0.2, 0.25) is 0 Å². The predicted molar refractivity (Wildman–Crippen MR) is 101 cm³/mol. The Morgan fingerprint density at radius 1 is 0.889 bits per heavy atom. The van der Waals surface area contributed by atoms with E-state index in [0.717, 1.165) is 16.9 Å². The van der Waals surface area contributed by atoms with Crippen LogP contribution in [0.25, 0.3) is 0 Å². The fourth-order valence-corrected chi connectivity index (χ4v) is 2.39. The fraction of sp³-hybridized carbons (Fsp3) is 0.250. The number of carboxylic acids is 1. The lowest BCUT2D eigenvalue weighted by Gasteiger charge is -2.08. The lowest BCUT2D eigenvalue weighted by molar-refractivity contribution is -0.137. The zero-order valence-corrected chi connectivity index (χ0v) is 15.0. The van der Waals surface area contributed by atoms with Gasteiger partial charge in [0.15, 0.2) is 0 Å². The van der Waals surface area contributed by atoms with Gasteiger partial charge in [-0.25, -0.2) is 0 Å². The summed E-state index contributed by atoms with van der Waals surface area (Å²) in [6.07, 6.45) is 0.319. The summed E-state index contributed by atoms with van der Waals surface area (Å²) < 4.78 is 5.37. The van der Waals surface area contributed by atoms with Crippen LogP contribution in [0.15, 0.2) is 48.5 Å². The first-order chi connectivity index (χ1) is 13.0. The van der Waals surface area contributed by atoms with Gasteiger partial charge in [0.05, 0.1) is 19.4 Å². The molecule has 7 nitrogen and oxygen atoms in total. The zero-order chi connectivity index (χ0) is 19.6. The number of benzene rings is 2. The van der Waals surface area contributed by atoms with Gasteiger partial charge in [-0.3, -0.25) is 14.4 Å². The van der Waals surface area contributed by atoms with Crippen LogP contribution in [-0.4, -0.2) is 36.0 Å². The average Bonchev–Trinajstić information content (AvgIpc) is 2.63. The van der Waals surface area contributed by atoms with Crippen molar-refractivity contribution in [1.82, 2.24) is 5.32 Å². The standard InChI is InChI=1S/C20H22N2O5/c1-2-27-17-9-5-15(6-10-17)12-19(24)22-16-7-3-14(4-8-16)11-18(23)21-13-20(25)26/h3-10H,2,11-13H2,1H3,(H,21,23)(H,22,24)(H,25,26). The Bertz CT molecular complexity index is 785. The highest BCUT2D eigenvalue weighted by molar-refractivity contribution is 5.92. The maximum atomic E-state index is 12.1. The van der Waals surface area contributed by atoms with Crippen LogP contribution in [0.3, 0.4) is 0 Å². The highest BCUT2D eigenvalue weighted by Gasteiger charge is 2.07. The van der Waals surface area contributed by atoms with Crippen molar-refractivity contribution in [2.75, 3.05) is 18.5 Å². The van der Waals surface area contributed by atoms with E-state index in [2.05, 4.69) is 10.6 Å². The van der Waals surface area contributed by atoms with Gasteiger partial charge in [0.1, 0.15) is 12.3 Å². The van der Waals surface area contributed by atoms with Crippen molar-refractivity contribution in [3.63, 3.8) is 0 Å². The van der Waals surface area contributed by atoms with E-state index in [9.17, 15) is 14.4 Å². The normalized spacial score (nSPS) is 10.1. The fourth-order valence-electron chi connectivity index (χ4n) is 2.39. The van der Waals surface area contributed by atoms with Crippen LogP contribution >= 0.6 is 0 Å². The maximum Gasteiger partial charge on any atom is 0.322 e. The van der Waals surface area contributed by atoms with Gasteiger partial charge in [-0.2, -0.15) is 0 Å². The molecule has 2 amide bonds. The molecule has 2 aromatic carbocycles. The van der Waals surface area contributed by atoms with Crippen LogP contribution in [0.5, 0.6) is 5.75 Å². The molecule has 2 rings (SSSR count). The van der Waals surface area contributed by atoms with Crippen LogP contribution in [0.1, 0.15) is 18.1 Å². The third-order valence-electron chi connectivity index (χ3n) is 3.64. The van der Waals surface area contributed by atoms with Crippen molar-refractivity contribution in [3.8, 4) is 5.75 Å². The summed E-state index contributed by atoms with van der Waals surface area (Å²) >= 11 is 0. The van der Waals surface area contributed by atoms with Gasteiger partial charge in [0, 0.05) is 5.69 Å². The van der Waals surface area contributed by atoms with Gasteiger partial charge < -0.3 is 20.5 Å². The molecule has 0 aliphatic rings. The van der Waals surface area contributed by atoms with Gasteiger partial charge in [-0.1, -0.05) is 24.3 Å². The van der Waals surface area contributed by atoms with Crippen molar-refractivity contribution in [3.05, 3.63) is 59.7 Å². The molecule has 0 saturated carbocycles. The molecule has 0 unspecified atom stereocenters. The first kappa shape index (κ1) is 20.0. The van der Waals surface area contributed by atoms with Gasteiger partial charge in [0.2, 0.25) is 11.8 Å². The van der Waals surface area contributed by atoms with E-state index in [1.165, 1.54) is 0 Å². The summed E-state index contributed by atoms with van der Waals surface area (Å²) in [4.78, 5) is 34.2. The van der Waals surface area contributed by atoms with Gasteiger partial charge in [-0.05, 0) is 42.3 Å². The molecule has 0 heterocycles. The van der Waals surface area contributed by atoms with Gasteiger partial charge in [0.25, 0.3) is 0 Å². The number of carboxylic acid groups (broad SMARTS) is 1. The number of hydrogen-bond acceptors (Lipinski definition) is 4. The first-order valence-corrected chi connectivity index (χ1v) is 8.55. The molecule has 0 saturated heterocycles. The van der Waals surface area contributed by atoms with Crippen molar-refractivity contribution in [2.45, 2.75) is 19.8 Å². The SMILES string of the molecule is CCOc1ccc(CC(=O)Nc2ccc(CC(=O)NCC(=O)O)cc2)cc1. The Balaban J connectivity index is 1.83. The smallest absolute Gasteiger partial charge is 0.322 e. The second kappa shape index (κ2) is 9.96. The minimum atomic E-state index is -1.09. The minimum Gasteiger partial charge on any atom is -0.494 e. The summed E-state index contributed by atoms with van der Waals surface area (Å²) in [5.74, 6) is -0.839. The van der Waals surface area contributed by atoms with Gasteiger partial charge in [-0.15, -0.1) is 0 Å². The largest absolute Gasteiger partial charge is 0.494 e. The molecule has 7 heteroatoms. The quantitative estimate of drug-likeness (QED) is 0.626. The molecule has 142 valence electrons. The summed E-state index contributed by atoms with van der Waals surface area (Å²) in [5.41, 5.74) is 2.23. The zero-order valence-electron chi connectivity index (χ0n) is 15.0. The molecular weight excluding hydrogens is 348 g/mol. The van der Waals surface area contributed by atoms with Crippen molar-refractivity contribution in [2.24, 2.45) is 0 Å². The monoisotopic (exact) mass is 370 g/mol. The summed E-state index contributed by atoms with van der Waals surface area (Å²) in [5, 5.41) is 13.6. The van der Waals surface area contributed by atoms with E-state index in [1.54, 1.807) is 24.3 Å². The number of rotatable bonds is 9. The maximum absolute atomic E-state index is 12.1.